The summed E-state index contributed by atoms with van der Waals surface area (Å²) in [5.41, 5.74) is 2.27. The number of hydrogen-bond acceptors (Lipinski definition) is 6. The molecule has 0 spiro atoms. The van der Waals surface area contributed by atoms with E-state index >= 15 is 0 Å². The monoisotopic (exact) mass is 339 g/mol. The number of benzene rings is 2. The van der Waals surface area contributed by atoms with E-state index in [9.17, 15) is 4.79 Å². The summed E-state index contributed by atoms with van der Waals surface area (Å²) in [6, 6.07) is 12.9. The van der Waals surface area contributed by atoms with Crippen molar-refractivity contribution in [2.75, 3.05) is 19.5 Å². The molecule has 0 aliphatic heterocycles. The van der Waals surface area contributed by atoms with Crippen LogP contribution in [0.1, 0.15) is 6.92 Å². The molecule has 1 heterocycles. The second-order valence-corrected chi connectivity index (χ2v) is 5.27. The first kappa shape index (κ1) is 16.7. The van der Waals surface area contributed by atoms with Crippen molar-refractivity contribution in [3.63, 3.8) is 0 Å². The Morgan fingerprint density at radius 1 is 1.00 bits per heavy atom. The Morgan fingerprint density at radius 3 is 2.40 bits per heavy atom. The fourth-order valence-corrected chi connectivity index (χ4v) is 2.51. The smallest absolute Gasteiger partial charge is 0.282 e. The molecule has 1 amide bonds. The number of methoxy groups -OCH3 is 1. The topological polar surface area (TPSA) is 82.6 Å². The van der Waals surface area contributed by atoms with Crippen LogP contribution in [0.4, 0.5) is 5.69 Å². The van der Waals surface area contributed by atoms with Crippen LogP contribution in [0.2, 0.25) is 0 Å². The second kappa shape index (κ2) is 7.14. The molecular formula is C18H17N3O4. The normalized spacial score (nSPS) is 10.5. The van der Waals surface area contributed by atoms with Gasteiger partial charge in [0.15, 0.2) is 0 Å². The molecule has 7 nitrogen and oxygen atoms in total. The highest BCUT2D eigenvalue weighted by Gasteiger charge is 2.14. The van der Waals surface area contributed by atoms with Crippen LogP contribution in [0.5, 0.6) is 11.6 Å². The van der Waals surface area contributed by atoms with Gasteiger partial charge in [0, 0.05) is 23.6 Å². The summed E-state index contributed by atoms with van der Waals surface area (Å²) in [7, 11) is 3.00. The van der Waals surface area contributed by atoms with E-state index in [1.807, 2.05) is 42.5 Å². The number of ether oxygens (including phenoxy) is 1. The lowest BCUT2D eigenvalue weighted by molar-refractivity contribution is -0.180. The molecule has 0 unspecified atom stereocenters. The minimum Gasteiger partial charge on any atom is -0.497 e. The molecular weight excluding hydrogens is 322 g/mol. The number of anilines is 1. The largest absolute Gasteiger partial charge is 0.497 e. The molecule has 0 atom stereocenters. The summed E-state index contributed by atoms with van der Waals surface area (Å²) in [5, 5.41) is 12.7. The van der Waals surface area contributed by atoms with Gasteiger partial charge in [0.25, 0.3) is 5.88 Å². The summed E-state index contributed by atoms with van der Waals surface area (Å²) in [4.78, 5) is 21.0. The van der Waals surface area contributed by atoms with Crippen LogP contribution in [-0.4, -0.2) is 30.3 Å². The number of aromatic nitrogens is 2. The zero-order valence-corrected chi connectivity index (χ0v) is 14.1. The van der Waals surface area contributed by atoms with Gasteiger partial charge in [-0.05, 0) is 30.3 Å². The minimum atomic E-state index is -0.119. The Balaban J connectivity index is 2.10. The average molecular weight is 339 g/mol. The van der Waals surface area contributed by atoms with Crippen LogP contribution in [-0.2, 0) is 9.68 Å². The highest BCUT2D eigenvalue weighted by molar-refractivity contribution is 5.98. The van der Waals surface area contributed by atoms with E-state index in [1.54, 1.807) is 7.11 Å². The highest BCUT2D eigenvalue weighted by Crippen LogP contribution is 2.33. The molecule has 0 bridgehead atoms. The third-order valence-corrected chi connectivity index (χ3v) is 3.59. The SMILES string of the molecule is COOc1nnc(-c2ccc(NC(C)=O)cc2)c2ccc(OC)cc12. The van der Waals surface area contributed by atoms with Crippen molar-refractivity contribution in [2.45, 2.75) is 6.92 Å². The third-order valence-electron chi connectivity index (χ3n) is 3.59. The number of fused-ring (bicyclic) bond motifs is 1. The molecule has 25 heavy (non-hydrogen) atoms. The molecule has 128 valence electrons. The summed E-state index contributed by atoms with van der Waals surface area (Å²) in [6.45, 7) is 1.47. The second-order valence-electron chi connectivity index (χ2n) is 5.27. The van der Waals surface area contributed by atoms with Gasteiger partial charge in [0.05, 0.1) is 19.6 Å². The highest BCUT2D eigenvalue weighted by atomic mass is 17.2. The number of carbonyl (C=O) groups excluding carboxylic acids is 1. The van der Waals surface area contributed by atoms with E-state index in [-0.39, 0.29) is 11.8 Å². The summed E-state index contributed by atoms with van der Waals surface area (Å²) in [6.07, 6.45) is 0. The van der Waals surface area contributed by atoms with E-state index < -0.39 is 0 Å². The molecule has 3 aromatic rings. The average Bonchev–Trinajstić information content (AvgIpc) is 2.62. The predicted octanol–water partition coefficient (Wildman–Crippen LogP) is 3.20. The minimum absolute atomic E-state index is 0.119. The first-order chi connectivity index (χ1) is 12.1. The van der Waals surface area contributed by atoms with Gasteiger partial charge in [-0.15, -0.1) is 10.2 Å². The molecule has 0 saturated heterocycles. The number of nitrogens with zero attached hydrogens (tertiary/aromatic N) is 2. The van der Waals surface area contributed by atoms with Crippen LogP contribution in [0.25, 0.3) is 22.0 Å². The fraction of sp³-hybridized carbons (Fsp3) is 0.167. The Labute approximate surface area is 144 Å². The van der Waals surface area contributed by atoms with Crippen molar-refractivity contribution >= 4 is 22.4 Å². The maximum Gasteiger partial charge on any atom is 0.282 e. The van der Waals surface area contributed by atoms with Crippen LogP contribution >= 0.6 is 0 Å². The van der Waals surface area contributed by atoms with Crippen molar-refractivity contribution < 1.29 is 19.3 Å². The van der Waals surface area contributed by atoms with Crippen LogP contribution < -0.4 is 14.9 Å². The number of amides is 1. The molecule has 1 aromatic heterocycles. The Morgan fingerprint density at radius 2 is 1.76 bits per heavy atom. The van der Waals surface area contributed by atoms with Gasteiger partial charge in [-0.25, -0.2) is 0 Å². The standard InChI is InChI=1S/C18H17N3O4/c1-11(22)19-13-6-4-12(5-7-13)17-15-9-8-14(23-2)10-16(15)18(21-20-17)25-24-3/h4-10H,1-3H3,(H,19,22). The van der Waals surface area contributed by atoms with Crippen LogP contribution in [0.15, 0.2) is 42.5 Å². The van der Waals surface area contributed by atoms with Gasteiger partial charge in [0.1, 0.15) is 11.4 Å². The molecule has 0 radical (unpaired) electrons. The summed E-state index contributed by atoms with van der Waals surface area (Å²) >= 11 is 0. The first-order valence-corrected chi connectivity index (χ1v) is 7.55. The molecule has 2 aromatic carbocycles. The number of rotatable bonds is 5. The van der Waals surface area contributed by atoms with Gasteiger partial charge in [-0.1, -0.05) is 12.1 Å². The van der Waals surface area contributed by atoms with Gasteiger partial charge in [-0.2, -0.15) is 4.89 Å². The molecule has 7 heteroatoms. The molecule has 0 saturated carbocycles. The lowest BCUT2D eigenvalue weighted by Crippen LogP contribution is -2.05. The van der Waals surface area contributed by atoms with Crippen molar-refractivity contribution in [1.82, 2.24) is 10.2 Å². The maximum absolute atomic E-state index is 11.1. The van der Waals surface area contributed by atoms with Crippen LogP contribution in [0, 0.1) is 0 Å². The zero-order valence-electron chi connectivity index (χ0n) is 14.1. The van der Waals surface area contributed by atoms with Crippen molar-refractivity contribution in [2.24, 2.45) is 0 Å². The van der Waals surface area contributed by atoms with Crippen molar-refractivity contribution in [3.05, 3.63) is 42.5 Å². The van der Waals surface area contributed by atoms with Gasteiger partial charge < -0.3 is 14.9 Å². The summed E-state index contributed by atoms with van der Waals surface area (Å²) in [5.74, 6) is 0.814. The molecule has 1 N–H and O–H groups in total. The predicted molar refractivity (Wildman–Crippen MR) is 93.5 cm³/mol. The Kier molecular flexibility index (Phi) is 4.76. The van der Waals surface area contributed by atoms with Gasteiger partial charge in [0.2, 0.25) is 5.91 Å². The fourth-order valence-electron chi connectivity index (χ4n) is 2.51. The molecule has 0 fully saturated rings. The van der Waals surface area contributed by atoms with Crippen molar-refractivity contribution in [1.29, 1.82) is 0 Å². The van der Waals surface area contributed by atoms with Crippen LogP contribution in [0.3, 0.4) is 0 Å². The van der Waals surface area contributed by atoms with E-state index in [1.165, 1.54) is 14.0 Å². The van der Waals surface area contributed by atoms with E-state index in [4.69, 9.17) is 14.5 Å². The lowest BCUT2D eigenvalue weighted by atomic mass is 10.0. The first-order valence-electron chi connectivity index (χ1n) is 7.55. The van der Waals surface area contributed by atoms with E-state index in [0.717, 1.165) is 22.0 Å². The Hall–Kier alpha value is -3.19. The van der Waals surface area contributed by atoms with Gasteiger partial charge >= 0.3 is 0 Å². The van der Waals surface area contributed by atoms with Crippen molar-refractivity contribution in [3.8, 4) is 22.9 Å². The van der Waals surface area contributed by atoms with Gasteiger partial charge in [-0.3, -0.25) is 4.79 Å². The maximum atomic E-state index is 11.1. The third kappa shape index (κ3) is 3.51. The number of nitrogens with one attached hydrogen (secondary N) is 1. The Bertz CT molecular complexity index is 910. The number of carbonyl (C=O) groups is 1. The number of hydrogen-bond donors (Lipinski definition) is 1. The molecule has 0 aliphatic rings. The van der Waals surface area contributed by atoms with E-state index in [2.05, 4.69) is 15.5 Å². The molecule has 3 rings (SSSR count). The summed E-state index contributed by atoms with van der Waals surface area (Å²) < 4.78 is 5.27. The van der Waals surface area contributed by atoms with E-state index in [0.29, 0.717) is 11.4 Å². The zero-order chi connectivity index (χ0) is 17.8. The lowest BCUT2D eigenvalue weighted by Gasteiger charge is -2.10. The quantitative estimate of drug-likeness (QED) is 0.568. The molecule has 0 aliphatic carbocycles.